The highest BCUT2D eigenvalue weighted by molar-refractivity contribution is 5.38. The summed E-state index contributed by atoms with van der Waals surface area (Å²) in [5.41, 5.74) is 8.10. The normalized spacial score (nSPS) is 15.6. The molecule has 0 radical (unpaired) electrons. The van der Waals surface area contributed by atoms with Crippen molar-refractivity contribution in [2.45, 2.75) is 38.8 Å². The molecule has 2 nitrogen and oxygen atoms in total. The summed E-state index contributed by atoms with van der Waals surface area (Å²) in [5, 5.41) is 0. The van der Waals surface area contributed by atoms with Crippen LogP contribution >= 0.6 is 0 Å². The van der Waals surface area contributed by atoms with Crippen LogP contribution in [-0.2, 0) is 13.0 Å². The summed E-state index contributed by atoms with van der Waals surface area (Å²) in [6.45, 7) is 2.71. The van der Waals surface area contributed by atoms with Gasteiger partial charge in [0.15, 0.2) is 0 Å². The Balaban J connectivity index is 2.21. The van der Waals surface area contributed by atoms with E-state index in [-0.39, 0.29) is 0 Å². The molecule has 0 heterocycles. The smallest absolute Gasteiger partial charge is 0.124 e. The number of hydrogen-bond donors (Lipinski definition) is 1. The van der Waals surface area contributed by atoms with Gasteiger partial charge < -0.3 is 10.5 Å². The third-order valence-electron chi connectivity index (χ3n) is 2.58. The van der Waals surface area contributed by atoms with Gasteiger partial charge in [-0.3, -0.25) is 0 Å². The van der Waals surface area contributed by atoms with Gasteiger partial charge in [-0.15, -0.1) is 0 Å². The topological polar surface area (TPSA) is 35.2 Å². The maximum Gasteiger partial charge on any atom is 0.124 e. The van der Waals surface area contributed by atoms with Crippen molar-refractivity contribution in [1.29, 1.82) is 0 Å². The van der Waals surface area contributed by atoms with Gasteiger partial charge in [0.05, 0.1) is 6.10 Å². The number of benzene rings is 1. The van der Waals surface area contributed by atoms with Crippen LogP contribution in [0.15, 0.2) is 18.2 Å². The molecule has 2 rings (SSSR count). The van der Waals surface area contributed by atoms with Gasteiger partial charge in [0.25, 0.3) is 0 Å². The van der Waals surface area contributed by atoms with E-state index < -0.39 is 0 Å². The van der Waals surface area contributed by atoms with Crippen LogP contribution in [0.5, 0.6) is 5.75 Å². The summed E-state index contributed by atoms with van der Waals surface area (Å²) < 4.78 is 5.81. The van der Waals surface area contributed by atoms with E-state index in [1.54, 1.807) is 0 Å². The summed E-state index contributed by atoms with van der Waals surface area (Å²) in [5.74, 6) is 0.995. The van der Waals surface area contributed by atoms with Crippen LogP contribution in [0.1, 0.15) is 30.9 Å². The fourth-order valence-corrected chi connectivity index (χ4v) is 1.46. The van der Waals surface area contributed by atoms with Crippen LogP contribution in [0.4, 0.5) is 0 Å². The summed E-state index contributed by atoms with van der Waals surface area (Å²) in [6.07, 6.45) is 3.89. The Kier molecular flexibility index (Phi) is 2.73. The molecule has 0 spiro atoms. The SMILES string of the molecule is CCc1ccc(CN)c(OC2CC2)c1. The van der Waals surface area contributed by atoms with Crippen LogP contribution < -0.4 is 10.5 Å². The zero-order valence-electron chi connectivity index (χ0n) is 8.62. The predicted octanol–water partition coefficient (Wildman–Crippen LogP) is 2.25. The Bertz CT molecular complexity index is 318. The molecule has 1 fully saturated rings. The molecule has 0 aliphatic heterocycles. The van der Waals surface area contributed by atoms with Crippen molar-refractivity contribution < 1.29 is 4.74 Å². The van der Waals surface area contributed by atoms with E-state index >= 15 is 0 Å². The van der Waals surface area contributed by atoms with E-state index in [2.05, 4.69) is 25.1 Å². The zero-order chi connectivity index (χ0) is 9.97. The molecule has 2 N–H and O–H groups in total. The maximum atomic E-state index is 5.81. The van der Waals surface area contributed by atoms with E-state index in [0.717, 1.165) is 17.7 Å². The van der Waals surface area contributed by atoms with E-state index in [0.29, 0.717) is 12.6 Å². The van der Waals surface area contributed by atoms with Crippen LogP contribution in [0, 0.1) is 0 Å². The summed E-state index contributed by atoms with van der Waals surface area (Å²) in [6, 6.07) is 6.33. The minimum absolute atomic E-state index is 0.451. The van der Waals surface area contributed by atoms with Gasteiger partial charge in [-0.1, -0.05) is 19.1 Å². The lowest BCUT2D eigenvalue weighted by atomic mass is 10.1. The molecule has 2 heteroatoms. The molecule has 0 saturated heterocycles. The van der Waals surface area contributed by atoms with Gasteiger partial charge in [0.2, 0.25) is 0 Å². The summed E-state index contributed by atoms with van der Waals surface area (Å²) in [7, 11) is 0. The molecular formula is C12H17NO. The van der Waals surface area contributed by atoms with Gasteiger partial charge in [-0.05, 0) is 30.9 Å². The Morgan fingerprint density at radius 3 is 2.79 bits per heavy atom. The van der Waals surface area contributed by atoms with Gasteiger partial charge >= 0.3 is 0 Å². The molecule has 0 unspecified atom stereocenters. The maximum absolute atomic E-state index is 5.81. The number of hydrogen-bond acceptors (Lipinski definition) is 2. The van der Waals surface area contributed by atoms with Crippen molar-refractivity contribution in [3.63, 3.8) is 0 Å². The van der Waals surface area contributed by atoms with Crippen molar-refractivity contribution in [2.24, 2.45) is 5.73 Å². The second-order valence-electron chi connectivity index (χ2n) is 3.82. The van der Waals surface area contributed by atoms with E-state index in [1.165, 1.54) is 18.4 Å². The monoisotopic (exact) mass is 191 g/mol. The minimum atomic E-state index is 0.451. The Morgan fingerprint density at radius 1 is 1.43 bits per heavy atom. The molecule has 0 amide bonds. The van der Waals surface area contributed by atoms with E-state index in [1.807, 2.05) is 0 Å². The molecule has 0 atom stereocenters. The predicted molar refractivity (Wildman–Crippen MR) is 57.4 cm³/mol. The van der Waals surface area contributed by atoms with E-state index in [4.69, 9.17) is 10.5 Å². The summed E-state index contributed by atoms with van der Waals surface area (Å²) >= 11 is 0. The standard InChI is InChI=1S/C12H17NO/c1-2-9-3-4-10(8-13)12(7-9)14-11-5-6-11/h3-4,7,11H,2,5-6,8,13H2,1H3. The fourth-order valence-electron chi connectivity index (χ4n) is 1.46. The first-order valence-corrected chi connectivity index (χ1v) is 5.32. The van der Waals surface area contributed by atoms with Crippen LogP contribution in [0.25, 0.3) is 0 Å². The van der Waals surface area contributed by atoms with E-state index in [9.17, 15) is 0 Å². The molecule has 1 aromatic carbocycles. The summed E-state index contributed by atoms with van der Waals surface area (Å²) in [4.78, 5) is 0. The average Bonchev–Trinajstić information content (AvgIpc) is 3.01. The third-order valence-corrected chi connectivity index (χ3v) is 2.58. The lowest BCUT2D eigenvalue weighted by Crippen LogP contribution is -2.04. The van der Waals surface area contributed by atoms with Gasteiger partial charge in [-0.25, -0.2) is 0 Å². The first kappa shape index (κ1) is 9.53. The van der Waals surface area contributed by atoms with Gasteiger partial charge in [-0.2, -0.15) is 0 Å². The molecule has 0 aromatic heterocycles. The highest BCUT2D eigenvalue weighted by atomic mass is 16.5. The van der Waals surface area contributed by atoms with Gasteiger partial charge in [0.1, 0.15) is 5.75 Å². The number of aryl methyl sites for hydroxylation is 1. The lowest BCUT2D eigenvalue weighted by molar-refractivity contribution is 0.300. The second kappa shape index (κ2) is 4.01. The highest BCUT2D eigenvalue weighted by Gasteiger charge is 2.24. The lowest BCUT2D eigenvalue weighted by Gasteiger charge is -2.10. The van der Waals surface area contributed by atoms with Crippen molar-refractivity contribution >= 4 is 0 Å². The number of rotatable bonds is 4. The molecular weight excluding hydrogens is 174 g/mol. The molecule has 1 saturated carbocycles. The quantitative estimate of drug-likeness (QED) is 0.792. The van der Waals surface area contributed by atoms with Crippen molar-refractivity contribution in [3.8, 4) is 5.75 Å². The van der Waals surface area contributed by atoms with Crippen LogP contribution in [0.3, 0.4) is 0 Å². The van der Waals surface area contributed by atoms with Crippen LogP contribution in [0.2, 0.25) is 0 Å². The molecule has 0 bridgehead atoms. The number of nitrogens with two attached hydrogens (primary N) is 1. The average molecular weight is 191 g/mol. The Labute approximate surface area is 85.1 Å². The van der Waals surface area contributed by atoms with Crippen LogP contribution in [-0.4, -0.2) is 6.10 Å². The molecule has 1 aromatic rings. The van der Waals surface area contributed by atoms with Crippen molar-refractivity contribution in [1.82, 2.24) is 0 Å². The fraction of sp³-hybridized carbons (Fsp3) is 0.500. The second-order valence-corrected chi connectivity index (χ2v) is 3.82. The van der Waals surface area contributed by atoms with Gasteiger partial charge in [0, 0.05) is 12.1 Å². The molecule has 14 heavy (non-hydrogen) atoms. The number of ether oxygens (including phenoxy) is 1. The Morgan fingerprint density at radius 2 is 2.21 bits per heavy atom. The molecule has 1 aliphatic rings. The highest BCUT2D eigenvalue weighted by Crippen LogP contribution is 2.29. The minimum Gasteiger partial charge on any atom is -0.490 e. The van der Waals surface area contributed by atoms with Crippen molar-refractivity contribution in [2.75, 3.05) is 0 Å². The molecule has 1 aliphatic carbocycles. The largest absolute Gasteiger partial charge is 0.490 e. The Hall–Kier alpha value is -1.02. The zero-order valence-corrected chi connectivity index (χ0v) is 8.62. The molecule has 76 valence electrons. The first-order valence-electron chi connectivity index (χ1n) is 5.32. The third kappa shape index (κ3) is 2.07. The van der Waals surface area contributed by atoms with Crippen molar-refractivity contribution in [3.05, 3.63) is 29.3 Å². The first-order chi connectivity index (χ1) is 6.83.